The lowest BCUT2D eigenvalue weighted by Crippen LogP contribution is -2.06. The highest BCUT2D eigenvalue weighted by molar-refractivity contribution is 8.04. The lowest BCUT2D eigenvalue weighted by molar-refractivity contribution is 0.658. The lowest BCUT2D eigenvalue weighted by atomic mass is 10.1. The minimum absolute atomic E-state index is 0.565. The number of thioether (sulfide) groups is 6. The highest BCUT2D eigenvalue weighted by atomic mass is 32.2. The SMILES string of the molecule is [CH2]Cc1ccc(-c2nc(Nc3cc(SCCCCCCC)c(SCCCCCCC)c(SCCCCCCC)c3)nc(Nc3cc(SCCCCCCC)c(SCCCCCCC)c(SCCCCCCC)c3)n2)cc1. The Morgan fingerprint density at radius 2 is 0.618 bits per heavy atom. The third-order valence-corrected chi connectivity index (χ3v) is 21.2. The molecule has 5 nitrogen and oxygen atoms in total. The summed E-state index contributed by atoms with van der Waals surface area (Å²) in [6, 6.07) is 18.2. The van der Waals surface area contributed by atoms with E-state index >= 15 is 0 Å². The van der Waals surface area contributed by atoms with Gasteiger partial charge in [-0.05, 0) is 116 Å². The summed E-state index contributed by atoms with van der Waals surface area (Å²) in [7, 11) is 0. The van der Waals surface area contributed by atoms with Crippen LogP contribution in [0.25, 0.3) is 11.4 Å². The van der Waals surface area contributed by atoms with E-state index in [0.717, 1.165) is 46.4 Å². The third-order valence-electron chi connectivity index (χ3n) is 13.7. The first kappa shape index (κ1) is 66.9. The van der Waals surface area contributed by atoms with Crippen LogP contribution >= 0.6 is 70.6 Å². The van der Waals surface area contributed by atoms with Crippen molar-refractivity contribution < 1.29 is 0 Å². The van der Waals surface area contributed by atoms with E-state index in [0.29, 0.717) is 17.7 Å². The fourth-order valence-electron chi connectivity index (χ4n) is 9.02. The Hall–Kier alpha value is -1.63. The Balaban J connectivity index is 1.79. The Kier molecular flexibility index (Phi) is 38.8. The molecular weight excluding hydrogens is 1040 g/mol. The van der Waals surface area contributed by atoms with Crippen LogP contribution in [0.4, 0.5) is 23.3 Å². The van der Waals surface area contributed by atoms with Crippen LogP contribution in [0.5, 0.6) is 0 Å². The van der Waals surface area contributed by atoms with Crippen LogP contribution < -0.4 is 10.6 Å². The molecule has 0 saturated carbocycles. The molecule has 0 spiro atoms. The Morgan fingerprint density at radius 1 is 0.342 bits per heavy atom. The van der Waals surface area contributed by atoms with Gasteiger partial charge in [-0.2, -0.15) is 15.0 Å². The number of anilines is 4. The van der Waals surface area contributed by atoms with E-state index in [9.17, 15) is 0 Å². The number of nitrogens with one attached hydrogen (secondary N) is 2. The van der Waals surface area contributed by atoms with Gasteiger partial charge in [0.05, 0.1) is 0 Å². The first-order valence-corrected chi connectivity index (χ1v) is 36.7. The minimum Gasteiger partial charge on any atom is -0.324 e. The molecule has 1 aromatic heterocycles. The zero-order valence-electron chi connectivity index (χ0n) is 48.8. The standard InChI is InChI=1S/C65H104N5S6/c1-8-15-21-27-33-43-71-57-49-55(50-58(72-44-34-28-22-16-9-2)61(57)75-47-37-31-25-19-12-5)66-64-68-63(54-41-39-53(14-7)40-42-54)69-65(70-64)67-56-51-59(73-45-35-29-23-17-10-3)62(76-48-38-32-26-20-13-6)60(52-56)74-46-36-30-24-18-11-4/h39-42,49-52H,7-38,43-48H2,1-6H3,(H2,66,67,68,69,70). The highest BCUT2D eigenvalue weighted by Gasteiger charge is 2.19. The van der Waals surface area contributed by atoms with Crippen molar-refractivity contribution in [3.8, 4) is 11.4 Å². The van der Waals surface area contributed by atoms with Gasteiger partial charge in [0, 0.05) is 46.3 Å². The van der Waals surface area contributed by atoms with Crippen LogP contribution in [0.3, 0.4) is 0 Å². The van der Waals surface area contributed by atoms with Gasteiger partial charge in [-0.3, -0.25) is 0 Å². The van der Waals surface area contributed by atoms with E-state index in [1.165, 1.54) is 239 Å². The van der Waals surface area contributed by atoms with Crippen molar-refractivity contribution in [2.24, 2.45) is 0 Å². The third kappa shape index (κ3) is 28.2. The topological polar surface area (TPSA) is 62.7 Å². The molecule has 0 aliphatic rings. The van der Waals surface area contributed by atoms with Crippen molar-refractivity contribution >= 4 is 93.8 Å². The predicted octanol–water partition coefficient (Wildman–Crippen LogP) is 23.8. The number of nitrogens with zero attached hydrogens (tertiary/aromatic N) is 3. The van der Waals surface area contributed by atoms with Crippen LogP contribution in [0.2, 0.25) is 0 Å². The minimum atomic E-state index is 0.565. The number of rotatable bonds is 48. The Bertz CT molecular complexity index is 1890. The first-order chi connectivity index (χ1) is 37.5. The maximum Gasteiger partial charge on any atom is 0.232 e. The molecule has 1 heterocycles. The molecule has 0 aliphatic carbocycles. The van der Waals surface area contributed by atoms with Crippen molar-refractivity contribution in [3.63, 3.8) is 0 Å². The van der Waals surface area contributed by atoms with E-state index in [1.54, 1.807) is 0 Å². The molecule has 4 rings (SSSR count). The molecule has 2 N–H and O–H groups in total. The average molecular weight is 1150 g/mol. The zero-order valence-corrected chi connectivity index (χ0v) is 53.7. The predicted molar refractivity (Wildman–Crippen MR) is 351 cm³/mol. The van der Waals surface area contributed by atoms with Crippen LogP contribution in [0.1, 0.15) is 240 Å². The summed E-state index contributed by atoms with van der Waals surface area (Å²) < 4.78 is 0. The Morgan fingerprint density at radius 3 is 0.895 bits per heavy atom. The second-order valence-corrected chi connectivity index (χ2v) is 27.4. The normalized spacial score (nSPS) is 11.5. The van der Waals surface area contributed by atoms with Crippen LogP contribution in [0.15, 0.2) is 77.9 Å². The van der Waals surface area contributed by atoms with Gasteiger partial charge in [-0.25, -0.2) is 0 Å². The van der Waals surface area contributed by atoms with Gasteiger partial charge in [0.2, 0.25) is 11.9 Å². The zero-order chi connectivity index (χ0) is 54.1. The molecule has 0 amide bonds. The smallest absolute Gasteiger partial charge is 0.232 e. The monoisotopic (exact) mass is 1150 g/mol. The highest BCUT2D eigenvalue weighted by Crippen LogP contribution is 2.45. The number of aromatic nitrogens is 3. The number of hydrogen-bond acceptors (Lipinski definition) is 11. The van der Waals surface area contributed by atoms with Crippen LogP contribution in [0, 0.1) is 6.92 Å². The number of benzene rings is 3. The van der Waals surface area contributed by atoms with E-state index in [4.69, 9.17) is 15.0 Å². The van der Waals surface area contributed by atoms with Crippen molar-refractivity contribution in [2.45, 2.75) is 270 Å². The molecule has 1 radical (unpaired) electrons. The molecule has 0 unspecified atom stereocenters. The quantitative estimate of drug-likeness (QED) is 0.0328. The summed E-state index contributed by atoms with van der Waals surface area (Å²) in [5, 5.41) is 7.62. The van der Waals surface area contributed by atoms with E-state index in [2.05, 4.69) is 178 Å². The summed E-state index contributed by atoms with van der Waals surface area (Å²) in [4.78, 5) is 24.2. The van der Waals surface area contributed by atoms with Gasteiger partial charge in [0.1, 0.15) is 0 Å². The summed E-state index contributed by atoms with van der Waals surface area (Å²) in [6.45, 7) is 18.0. The fourth-order valence-corrected chi connectivity index (χ4v) is 16.5. The van der Waals surface area contributed by atoms with Crippen molar-refractivity contribution in [1.29, 1.82) is 0 Å². The largest absolute Gasteiger partial charge is 0.324 e. The second-order valence-electron chi connectivity index (χ2n) is 20.7. The van der Waals surface area contributed by atoms with Gasteiger partial charge >= 0.3 is 0 Å². The number of unbranched alkanes of at least 4 members (excludes halogenated alkanes) is 24. The number of hydrogen-bond donors (Lipinski definition) is 2. The van der Waals surface area contributed by atoms with Crippen molar-refractivity contribution in [2.75, 3.05) is 45.2 Å². The fraction of sp³-hybridized carbons (Fsp3) is 0.662. The summed E-state index contributed by atoms with van der Waals surface area (Å²) in [5.74, 6) is 8.68. The van der Waals surface area contributed by atoms with E-state index in [1.807, 2.05) is 0 Å². The summed E-state index contributed by atoms with van der Waals surface area (Å²) in [5.41, 5.74) is 4.27. The molecule has 76 heavy (non-hydrogen) atoms. The Labute approximate surface area is 492 Å². The molecule has 425 valence electrons. The van der Waals surface area contributed by atoms with Gasteiger partial charge in [0.15, 0.2) is 5.82 Å². The van der Waals surface area contributed by atoms with Crippen molar-refractivity contribution in [3.05, 3.63) is 61.0 Å². The molecular formula is C65H104N5S6. The molecule has 0 saturated heterocycles. The van der Waals surface area contributed by atoms with Gasteiger partial charge < -0.3 is 10.6 Å². The summed E-state index contributed by atoms with van der Waals surface area (Å²) in [6.07, 6.45) is 39.8. The molecule has 0 fully saturated rings. The molecule has 0 bridgehead atoms. The van der Waals surface area contributed by atoms with E-state index in [-0.39, 0.29) is 0 Å². The first-order valence-electron chi connectivity index (χ1n) is 30.8. The average Bonchev–Trinajstić information content (AvgIpc) is 3.43. The maximum atomic E-state index is 5.24. The van der Waals surface area contributed by atoms with E-state index < -0.39 is 0 Å². The summed E-state index contributed by atoms with van der Waals surface area (Å²) >= 11 is 12.4. The van der Waals surface area contributed by atoms with Crippen LogP contribution in [-0.2, 0) is 6.42 Å². The maximum absolute atomic E-state index is 5.24. The van der Waals surface area contributed by atoms with Crippen LogP contribution in [-0.4, -0.2) is 49.5 Å². The van der Waals surface area contributed by atoms with Gasteiger partial charge in [0.25, 0.3) is 0 Å². The molecule has 0 atom stereocenters. The molecule has 3 aromatic carbocycles. The molecule has 4 aromatic rings. The van der Waals surface area contributed by atoms with Gasteiger partial charge in [-0.1, -0.05) is 220 Å². The second kappa shape index (κ2) is 44.1. The van der Waals surface area contributed by atoms with Gasteiger partial charge in [-0.15, -0.1) is 70.6 Å². The van der Waals surface area contributed by atoms with Crippen molar-refractivity contribution in [1.82, 2.24) is 15.0 Å². The lowest BCUT2D eigenvalue weighted by Gasteiger charge is -2.19. The molecule has 11 heteroatoms. The molecule has 0 aliphatic heterocycles.